The van der Waals surface area contributed by atoms with Crippen molar-refractivity contribution in [1.29, 1.82) is 0 Å². The molecule has 1 aliphatic rings. The molecule has 1 amide bonds. The molecule has 2 atom stereocenters. The number of halogens is 1. The molecule has 0 saturated carbocycles. The maximum Gasteiger partial charge on any atom is 0.231 e. The van der Waals surface area contributed by atoms with E-state index in [1.54, 1.807) is 16.0 Å². The van der Waals surface area contributed by atoms with Crippen molar-refractivity contribution in [2.75, 3.05) is 18.4 Å². The van der Waals surface area contributed by atoms with Crippen molar-refractivity contribution >= 4 is 46.1 Å². The maximum absolute atomic E-state index is 12.8. The Labute approximate surface area is 171 Å². The predicted molar refractivity (Wildman–Crippen MR) is 111 cm³/mol. The Morgan fingerprint density at radius 1 is 1.33 bits per heavy atom. The smallest absolute Gasteiger partial charge is 0.231 e. The lowest BCUT2D eigenvalue weighted by Crippen LogP contribution is -2.28. The molecule has 1 saturated heterocycles. The van der Waals surface area contributed by atoms with E-state index in [1.165, 1.54) is 11.3 Å². The first-order chi connectivity index (χ1) is 12.5. The molecule has 0 aromatic carbocycles. The molecular formula is C17H21ClN6OS2. The van der Waals surface area contributed by atoms with Crippen molar-refractivity contribution in [2.45, 2.75) is 19.8 Å². The second kappa shape index (κ2) is 8.05. The largest absolute Gasteiger partial charge is 0.315 e. The number of hydrogen-bond donors (Lipinski definition) is 2. The quantitative estimate of drug-likeness (QED) is 0.672. The van der Waals surface area contributed by atoms with Crippen LogP contribution in [0.3, 0.4) is 0 Å². The van der Waals surface area contributed by atoms with Gasteiger partial charge in [-0.15, -0.1) is 35.1 Å². The lowest BCUT2D eigenvalue weighted by atomic mass is 9.90. The summed E-state index contributed by atoms with van der Waals surface area (Å²) in [5.74, 6) is 0.00965. The van der Waals surface area contributed by atoms with Gasteiger partial charge < -0.3 is 10.6 Å². The Hall–Kier alpha value is -1.81. The number of amides is 1. The summed E-state index contributed by atoms with van der Waals surface area (Å²) in [5.41, 5.74) is 2.95. The van der Waals surface area contributed by atoms with E-state index in [2.05, 4.69) is 25.7 Å². The molecule has 1 fully saturated rings. The fourth-order valence-electron chi connectivity index (χ4n) is 3.34. The highest BCUT2D eigenvalue weighted by molar-refractivity contribution is 7.16. The number of hydrogen-bond acceptors (Lipinski definition) is 7. The van der Waals surface area contributed by atoms with E-state index in [1.807, 2.05) is 38.7 Å². The maximum atomic E-state index is 12.8. The van der Waals surface area contributed by atoms with Crippen molar-refractivity contribution < 1.29 is 4.79 Å². The molecule has 1 aliphatic heterocycles. The van der Waals surface area contributed by atoms with Gasteiger partial charge in [0.15, 0.2) is 5.13 Å². The van der Waals surface area contributed by atoms with Crippen molar-refractivity contribution in [1.82, 2.24) is 25.1 Å². The molecule has 144 valence electrons. The molecule has 3 aromatic heterocycles. The summed E-state index contributed by atoms with van der Waals surface area (Å²) in [6.07, 6.45) is 3.82. The van der Waals surface area contributed by atoms with Gasteiger partial charge in [-0.05, 0) is 19.4 Å². The van der Waals surface area contributed by atoms with E-state index in [0.717, 1.165) is 33.4 Å². The lowest BCUT2D eigenvalue weighted by molar-refractivity contribution is -0.119. The minimum Gasteiger partial charge on any atom is -0.315 e. The highest BCUT2D eigenvalue weighted by atomic mass is 35.5. The summed E-state index contributed by atoms with van der Waals surface area (Å²) in [6, 6.07) is 0. The summed E-state index contributed by atoms with van der Waals surface area (Å²) in [6.45, 7) is 5.42. The van der Waals surface area contributed by atoms with Crippen LogP contribution in [0.5, 0.6) is 0 Å². The number of nitrogens with one attached hydrogen (secondary N) is 2. The molecule has 2 N–H and O–H groups in total. The van der Waals surface area contributed by atoms with Gasteiger partial charge in [0, 0.05) is 37.6 Å². The van der Waals surface area contributed by atoms with E-state index in [9.17, 15) is 4.79 Å². The minimum absolute atomic E-state index is 0. The summed E-state index contributed by atoms with van der Waals surface area (Å²) >= 11 is 3.08. The van der Waals surface area contributed by atoms with Crippen LogP contribution in [0.2, 0.25) is 0 Å². The van der Waals surface area contributed by atoms with Crippen LogP contribution in [0.25, 0.3) is 10.6 Å². The highest BCUT2D eigenvalue weighted by Gasteiger charge is 2.35. The van der Waals surface area contributed by atoms with E-state index in [-0.39, 0.29) is 30.2 Å². The Morgan fingerprint density at radius 3 is 2.81 bits per heavy atom. The van der Waals surface area contributed by atoms with Crippen LogP contribution in [0.4, 0.5) is 5.13 Å². The molecule has 0 radical (unpaired) electrons. The first kappa shape index (κ1) is 19.9. The zero-order chi connectivity index (χ0) is 18.3. The third-order valence-electron chi connectivity index (χ3n) is 4.57. The Morgan fingerprint density at radius 2 is 2.15 bits per heavy atom. The topological polar surface area (TPSA) is 84.7 Å². The van der Waals surface area contributed by atoms with Gasteiger partial charge in [-0.3, -0.25) is 9.48 Å². The second-order valence-electron chi connectivity index (χ2n) is 6.49. The molecule has 3 aromatic rings. The molecule has 0 spiro atoms. The van der Waals surface area contributed by atoms with Crippen molar-refractivity contribution in [2.24, 2.45) is 13.0 Å². The van der Waals surface area contributed by atoms with Crippen LogP contribution in [0, 0.1) is 19.8 Å². The molecular weight excluding hydrogens is 404 g/mol. The average molecular weight is 425 g/mol. The SMILES string of the molecule is Cc1nc(C)c(-c2csc(NC(=O)[C@H]3CNC[C@@H]3c3cnn(C)c3)n2)s1.Cl. The number of carbonyl (C=O) groups excluding carboxylic acids is 1. The van der Waals surface area contributed by atoms with Gasteiger partial charge in [-0.25, -0.2) is 9.97 Å². The van der Waals surface area contributed by atoms with Gasteiger partial charge >= 0.3 is 0 Å². The third kappa shape index (κ3) is 4.06. The summed E-state index contributed by atoms with van der Waals surface area (Å²) in [5, 5.41) is 14.2. The van der Waals surface area contributed by atoms with Crippen LogP contribution >= 0.6 is 35.1 Å². The average Bonchev–Trinajstić information content (AvgIpc) is 3.34. The van der Waals surface area contributed by atoms with Crippen molar-refractivity contribution in [3.63, 3.8) is 0 Å². The Bertz CT molecular complexity index is 949. The van der Waals surface area contributed by atoms with E-state index < -0.39 is 0 Å². The first-order valence-electron chi connectivity index (χ1n) is 8.41. The fraction of sp³-hybridized carbons (Fsp3) is 0.412. The minimum atomic E-state index is -0.126. The summed E-state index contributed by atoms with van der Waals surface area (Å²) < 4.78 is 1.77. The van der Waals surface area contributed by atoms with E-state index in [0.29, 0.717) is 11.7 Å². The first-order valence-corrected chi connectivity index (χ1v) is 10.1. The lowest BCUT2D eigenvalue weighted by Gasteiger charge is -2.15. The van der Waals surface area contributed by atoms with Gasteiger partial charge in [-0.1, -0.05) is 0 Å². The molecule has 0 unspecified atom stereocenters. The van der Waals surface area contributed by atoms with Crippen LogP contribution in [0.15, 0.2) is 17.8 Å². The van der Waals surface area contributed by atoms with Crippen molar-refractivity contribution in [3.8, 4) is 10.6 Å². The van der Waals surface area contributed by atoms with Crippen LogP contribution < -0.4 is 10.6 Å². The van der Waals surface area contributed by atoms with Gasteiger partial charge in [0.1, 0.15) is 0 Å². The summed E-state index contributed by atoms with van der Waals surface area (Å²) in [7, 11) is 1.89. The van der Waals surface area contributed by atoms with E-state index >= 15 is 0 Å². The summed E-state index contributed by atoms with van der Waals surface area (Å²) in [4.78, 5) is 22.9. The normalized spacial score (nSPS) is 19.1. The Balaban J connectivity index is 0.00000210. The third-order valence-corrected chi connectivity index (χ3v) is 6.43. The molecule has 7 nitrogen and oxygen atoms in total. The second-order valence-corrected chi connectivity index (χ2v) is 8.55. The van der Waals surface area contributed by atoms with E-state index in [4.69, 9.17) is 0 Å². The molecule has 0 aliphatic carbocycles. The fourth-order valence-corrected chi connectivity index (χ4v) is 5.00. The van der Waals surface area contributed by atoms with Crippen LogP contribution in [-0.2, 0) is 11.8 Å². The van der Waals surface area contributed by atoms with Gasteiger partial charge in [0.25, 0.3) is 0 Å². The number of aromatic nitrogens is 4. The van der Waals surface area contributed by atoms with Gasteiger partial charge in [-0.2, -0.15) is 5.10 Å². The number of aryl methyl sites for hydroxylation is 3. The standard InChI is InChI=1S/C17H20N6OS2.ClH/c1-9-15(26-10(2)20-9)14-8-25-17(21-14)22-16(24)13-6-18-5-12(13)11-4-19-23(3)7-11;/h4,7-8,12-13,18H,5-6H2,1-3H3,(H,21,22,24);1H/t12-,13+;/m1./s1. The molecule has 0 bridgehead atoms. The zero-order valence-corrected chi connectivity index (χ0v) is 17.7. The monoisotopic (exact) mass is 424 g/mol. The molecule has 4 heterocycles. The number of thiazole rings is 2. The molecule has 10 heteroatoms. The van der Waals surface area contributed by atoms with Crippen LogP contribution in [0.1, 0.15) is 22.2 Å². The number of rotatable bonds is 4. The number of anilines is 1. The Kier molecular flexibility index (Phi) is 5.95. The van der Waals surface area contributed by atoms with Gasteiger partial charge in [0.05, 0.1) is 33.4 Å². The zero-order valence-electron chi connectivity index (χ0n) is 15.2. The number of carbonyl (C=O) groups is 1. The van der Waals surface area contributed by atoms with Crippen molar-refractivity contribution in [3.05, 3.63) is 34.0 Å². The predicted octanol–water partition coefficient (Wildman–Crippen LogP) is 2.98. The molecule has 27 heavy (non-hydrogen) atoms. The highest BCUT2D eigenvalue weighted by Crippen LogP contribution is 2.33. The molecule has 4 rings (SSSR count). The number of nitrogens with zero attached hydrogens (tertiary/aromatic N) is 4. The van der Waals surface area contributed by atoms with Gasteiger partial charge in [0.2, 0.25) is 5.91 Å². The van der Waals surface area contributed by atoms with Crippen LogP contribution in [-0.4, -0.2) is 38.7 Å².